The van der Waals surface area contributed by atoms with Gasteiger partial charge in [0.25, 0.3) is 11.1 Å². The molecule has 1 aliphatic rings. The lowest BCUT2D eigenvalue weighted by atomic mass is 10.1. The van der Waals surface area contributed by atoms with Crippen LogP contribution in [0, 0.1) is 0 Å². The topological polar surface area (TPSA) is 113 Å². The minimum Gasteiger partial charge on any atom is -0.341 e. The van der Waals surface area contributed by atoms with E-state index in [4.69, 9.17) is 10.7 Å². The molecule has 4 heterocycles. The maximum absolute atomic E-state index is 14.0. The Labute approximate surface area is 213 Å². The van der Waals surface area contributed by atoms with Gasteiger partial charge in [-0.2, -0.15) is 4.98 Å². The number of aromatic nitrogens is 5. The molecule has 194 valence electrons. The minimum atomic E-state index is -0.476. The van der Waals surface area contributed by atoms with Crippen LogP contribution in [0.1, 0.15) is 32.3 Å². The van der Waals surface area contributed by atoms with Crippen molar-refractivity contribution in [1.82, 2.24) is 23.3 Å². The van der Waals surface area contributed by atoms with E-state index >= 15 is 0 Å². The van der Waals surface area contributed by atoms with E-state index in [1.165, 1.54) is 15.2 Å². The number of hydrogen-bond acceptors (Lipinski definition) is 6. The number of fused-ring (bicyclic) bond motifs is 2. The molecule has 2 N–H and O–H groups in total. The molecule has 0 aliphatic carbocycles. The number of allylic oxidation sites excluding steroid dienone is 2. The van der Waals surface area contributed by atoms with Gasteiger partial charge in [0.05, 0.1) is 12.1 Å². The molecule has 1 unspecified atom stereocenters. The Morgan fingerprint density at radius 3 is 2.59 bits per heavy atom. The molecule has 1 saturated heterocycles. The first-order valence-corrected chi connectivity index (χ1v) is 12.6. The first kappa shape index (κ1) is 24.8. The van der Waals surface area contributed by atoms with Gasteiger partial charge in [-0.1, -0.05) is 29.8 Å². The highest BCUT2D eigenvalue weighted by molar-refractivity contribution is 5.82. The molecule has 1 aliphatic heterocycles. The summed E-state index contributed by atoms with van der Waals surface area (Å²) in [4.78, 5) is 47.0. The van der Waals surface area contributed by atoms with Gasteiger partial charge in [-0.15, -0.1) is 0 Å². The number of pyridine rings is 1. The van der Waals surface area contributed by atoms with Gasteiger partial charge in [-0.3, -0.25) is 18.7 Å². The van der Waals surface area contributed by atoms with Gasteiger partial charge in [0.1, 0.15) is 0 Å². The van der Waals surface area contributed by atoms with Gasteiger partial charge < -0.3 is 19.8 Å². The van der Waals surface area contributed by atoms with Crippen LogP contribution in [-0.4, -0.2) is 42.4 Å². The molecule has 10 nitrogen and oxygen atoms in total. The molecule has 4 aromatic rings. The first-order valence-electron chi connectivity index (χ1n) is 12.6. The van der Waals surface area contributed by atoms with E-state index in [2.05, 4.69) is 4.90 Å². The molecule has 1 aromatic carbocycles. The van der Waals surface area contributed by atoms with Crippen LogP contribution in [0.15, 0.2) is 56.4 Å². The number of benzene rings is 1. The van der Waals surface area contributed by atoms with Crippen LogP contribution in [0.5, 0.6) is 0 Å². The van der Waals surface area contributed by atoms with E-state index in [0.29, 0.717) is 35.8 Å². The fourth-order valence-electron chi connectivity index (χ4n) is 5.16. The molecule has 0 spiro atoms. The largest absolute Gasteiger partial charge is 0.341 e. The summed E-state index contributed by atoms with van der Waals surface area (Å²) < 4.78 is 6.08. The average molecular weight is 504 g/mol. The average Bonchev–Trinajstić information content (AvgIpc) is 3.27. The van der Waals surface area contributed by atoms with E-state index in [1.807, 2.05) is 48.8 Å². The van der Waals surface area contributed by atoms with E-state index in [-0.39, 0.29) is 18.1 Å². The standard InChI is InChI=1S/C27H33N7O3/c1-17(2)11-13-33-23-24(29-26(33)32-12-7-8-19(28)16-32)31(4)27(37)34(25(23)36)15-18-14-22(35)30(3)21-10-6-5-9-20(18)21/h5-6,9-11,14,19H,7-8,12-13,15-16,28H2,1-4H3. The number of nitrogens with zero attached hydrogens (tertiary/aromatic N) is 6. The maximum atomic E-state index is 14.0. The third kappa shape index (κ3) is 4.31. The SMILES string of the molecule is CC(C)=CCn1c(N2CCCC(N)C2)nc2c1c(=O)n(Cc1cc(=O)n(C)c3ccccc13)c(=O)n2C. The van der Waals surface area contributed by atoms with Gasteiger partial charge >= 0.3 is 5.69 Å². The Kier molecular flexibility index (Phi) is 6.36. The molecule has 0 radical (unpaired) electrons. The van der Waals surface area contributed by atoms with Gasteiger partial charge in [0.15, 0.2) is 11.2 Å². The second-order valence-electron chi connectivity index (χ2n) is 10.1. The molecule has 0 saturated carbocycles. The zero-order valence-electron chi connectivity index (χ0n) is 21.8. The molecule has 10 heteroatoms. The highest BCUT2D eigenvalue weighted by Crippen LogP contribution is 2.24. The van der Waals surface area contributed by atoms with Crippen molar-refractivity contribution in [1.29, 1.82) is 0 Å². The molecule has 0 bridgehead atoms. The Balaban J connectivity index is 1.74. The predicted octanol–water partition coefficient (Wildman–Crippen LogP) is 1.69. The van der Waals surface area contributed by atoms with E-state index in [0.717, 1.165) is 35.9 Å². The third-order valence-corrected chi connectivity index (χ3v) is 7.20. The van der Waals surface area contributed by atoms with Crippen molar-refractivity contribution in [2.45, 2.75) is 45.8 Å². The second-order valence-corrected chi connectivity index (χ2v) is 10.1. The van der Waals surface area contributed by atoms with Crippen LogP contribution >= 0.6 is 0 Å². The van der Waals surface area contributed by atoms with Crippen LogP contribution in [0.25, 0.3) is 22.1 Å². The molecular formula is C27H33N7O3. The summed E-state index contributed by atoms with van der Waals surface area (Å²) in [6.45, 7) is 5.86. The summed E-state index contributed by atoms with van der Waals surface area (Å²) in [5.41, 5.74) is 8.33. The summed E-state index contributed by atoms with van der Waals surface area (Å²) >= 11 is 0. The summed E-state index contributed by atoms with van der Waals surface area (Å²) in [5.74, 6) is 0.645. The Bertz CT molecular complexity index is 1720. The summed E-state index contributed by atoms with van der Waals surface area (Å²) in [7, 11) is 3.34. The number of imidazole rings is 1. The van der Waals surface area contributed by atoms with Crippen LogP contribution in [0.3, 0.4) is 0 Å². The van der Waals surface area contributed by atoms with Gasteiger partial charge in [0, 0.05) is 51.2 Å². The number of rotatable bonds is 5. The molecule has 5 rings (SSSR count). The third-order valence-electron chi connectivity index (χ3n) is 7.20. The van der Waals surface area contributed by atoms with Crippen molar-refractivity contribution in [3.05, 3.63) is 78.7 Å². The van der Waals surface area contributed by atoms with Gasteiger partial charge in [-0.25, -0.2) is 4.79 Å². The normalized spacial score (nSPS) is 16.0. The highest BCUT2D eigenvalue weighted by Gasteiger charge is 2.26. The Hall–Kier alpha value is -3.92. The lowest BCUT2D eigenvalue weighted by Gasteiger charge is -2.31. The van der Waals surface area contributed by atoms with Crippen molar-refractivity contribution >= 4 is 28.0 Å². The monoisotopic (exact) mass is 503 g/mol. The quantitative estimate of drug-likeness (QED) is 0.415. The molecule has 1 fully saturated rings. The highest BCUT2D eigenvalue weighted by atomic mass is 16.2. The number of anilines is 1. The summed E-state index contributed by atoms with van der Waals surface area (Å²) in [6.07, 6.45) is 3.92. The van der Waals surface area contributed by atoms with Crippen LogP contribution in [0.4, 0.5) is 5.95 Å². The maximum Gasteiger partial charge on any atom is 0.332 e. The fraction of sp³-hybridized carbons (Fsp3) is 0.407. The first-order chi connectivity index (χ1) is 17.7. The number of nitrogens with two attached hydrogens (primary N) is 1. The number of aryl methyl sites for hydroxylation is 2. The molecule has 0 amide bonds. The number of hydrogen-bond donors (Lipinski definition) is 1. The second kappa shape index (κ2) is 9.51. The lowest BCUT2D eigenvalue weighted by molar-refractivity contribution is 0.495. The van der Waals surface area contributed by atoms with Crippen molar-refractivity contribution < 1.29 is 0 Å². The van der Waals surface area contributed by atoms with Crippen LogP contribution < -0.4 is 27.4 Å². The van der Waals surface area contributed by atoms with Crippen molar-refractivity contribution in [3.8, 4) is 0 Å². The Morgan fingerprint density at radius 1 is 1.11 bits per heavy atom. The van der Waals surface area contributed by atoms with E-state index < -0.39 is 11.2 Å². The predicted molar refractivity (Wildman–Crippen MR) is 146 cm³/mol. The zero-order valence-corrected chi connectivity index (χ0v) is 21.8. The van der Waals surface area contributed by atoms with Crippen molar-refractivity contribution in [2.75, 3.05) is 18.0 Å². The minimum absolute atomic E-state index is 0.0181. The smallest absolute Gasteiger partial charge is 0.332 e. The van der Waals surface area contributed by atoms with E-state index in [1.54, 1.807) is 18.7 Å². The van der Waals surface area contributed by atoms with Crippen molar-refractivity contribution in [2.24, 2.45) is 19.8 Å². The lowest BCUT2D eigenvalue weighted by Crippen LogP contribution is -2.44. The van der Waals surface area contributed by atoms with Crippen LogP contribution in [-0.2, 0) is 27.2 Å². The van der Waals surface area contributed by atoms with Gasteiger partial charge in [-0.05, 0) is 38.3 Å². The summed E-state index contributed by atoms with van der Waals surface area (Å²) in [6, 6.07) is 9.02. The molecular weight excluding hydrogens is 470 g/mol. The molecule has 37 heavy (non-hydrogen) atoms. The molecule has 3 aromatic heterocycles. The van der Waals surface area contributed by atoms with E-state index in [9.17, 15) is 14.4 Å². The number of para-hydroxylation sites is 1. The summed E-state index contributed by atoms with van der Waals surface area (Å²) in [5, 5.41) is 0.819. The van der Waals surface area contributed by atoms with Crippen molar-refractivity contribution in [3.63, 3.8) is 0 Å². The zero-order chi connectivity index (χ0) is 26.4. The Morgan fingerprint density at radius 2 is 1.86 bits per heavy atom. The molecule has 1 atom stereocenters. The fourth-order valence-corrected chi connectivity index (χ4v) is 5.16. The van der Waals surface area contributed by atoms with Gasteiger partial charge in [0.2, 0.25) is 5.95 Å². The van der Waals surface area contributed by atoms with Crippen LogP contribution in [0.2, 0.25) is 0 Å². The number of piperidine rings is 1.